The van der Waals surface area contributed by atoms with E-state index in [4.69, 9.17) is 14.2 Å². The Balaban J connectivity index is 1.18. The summed E-state index contributed by atoms with van der Waals surface area (Å²) in [6.07, 6.45) is 10.6. The summed E-state index contributed by atoms with van der Waals surface area (Å²) < 4.78 is 19.6. The maximum absolute atomic E-state index is 12.4. The minimum absolute atomic E-state index is 0.0717. The zero-order valence-corrected chi connectivity index (χ0v) is 19.8. The van der Waals surface area contributed by atoms with Crippen molar-refractivity contribution < 1.29 is 19.0 Å². The van der Waals surface area contributed by atoms with Crippen LogP contribution in [-0.4, -0.2) is 36.0 Å². The highest BCUT2D eigenvalue weighted by Gasteiger charge is 2.77. The van der Waals surface area contributed by atoms with E-state index in [0.29, 0.717) is 41.0 Å². The summed E-state index contributed by atoms with van der Waals surface area (Å²) in [6.45, 7) is 10.7. The Morgan fingerprint density at radius 2 is 1.77 bits per heavy atom. The first kappa shape index (κ1) is 20.0. The molecule has 3 heterocycles. The van der Waals surface area contributed by atoms with Crippen molar-refractivity contribution in [3.8, 4) is 0 Å². The van der Waals surface area contributed by atoms with Crippen LogP contribution in [0.15, 0.2) is 0 Å². The molecule has 4 heteroatoms. The molecule has 172 valence electrons. The monoisotopic (exact) mass is 428 g/mol. The van der Waals surface area contributed by atoms with Crippen LogP contribution in [0.3, 0.4) is 0 Å². The second-order valence-corrected chi connectivity index (χ2v) is 13.2. The highest BCUT2D eigenvalue weighted by molar-refractivity contribution is 5.88. The Morgan fingerprint density at radius 1 is 0.935 bits per heavy atom. The zero-order chi connectivity index (χ0) is 21.4. The maximum Gasteiger partial charge on any atom is 0.171 e. The molecule has 4 unspecified atom stereocenters. The first-order valence-corrected chi connectivity index (χ1v) is 13.3. The number of fused-ring (bicyclic) bond motifs is 6. The van der Waals surface area contributed by atoms with Crippen molar-refractivity contribution in [3.05, 3.63) is 0 Å². The van der Waals surface area contributed by atoms with E-state index in [-0.39, 0.29) is 22.9 Å². The van der Waals surface area contributed by atoms with E-state index >= 15 is 0 Å². The third kappa shape index (κ3) is 2.22. The molecule has 3 aliphatic heterocycles. The fourth-order valence-corrected chi connectivity index (χ4v) is 10.5. The van der Waals surface area contributed by atoms with E-state index in [1.54, 1.807) is 0 Å². The maximum atomic E-state index is 12.4. The predicted octanol–water partition coefficient (Wildman–Crippen LogP) is 5.13. The van der Waals surface area contributed by atoms with E-state index in [1.165, 1.54) is 32.1 Å². The van der Waals surface area contributed by atoms with Crippen LogP contribution in [0.25, 0.3) is 0 Å². The zero-order valence-electron chi connectivity index (χ0n) is 19.8. The number of ether oxygens (including phenoxy) is 3. The average Bonchev–Trinajstić information content (AvgIpc) is 3.34. The standard InChI is InChI=1S/C27H40O4/c1-15-5-12-27(29-14-15)16(2)22-21(30-27)13-19-17-6-11-26-23(31-26)20(28)8-10-25(26,4)18(17)7-9-24(19,22)3/h15-19,21-23H,5-14H2,1-4H3/t15?,16-,17?,18?,19?,21-,22-,23-,24-,25+,26-,27+/m0/s1. The normalized spacial score (nSPS) is 64.3. The number of rotatable bonds is 0. The van der Waals surface area contributed by atoms with Gasteiger partial charge >= 0.3 is 0 Å². The molecular weight excluding hydrogens is 388 g/mol. The van der Waals surface area contributed by atoms with Gasteiger partial charge < -0.3 is 14.2 Å². The second kappa shape index (κ2) is 5.96. The van der Waals surface area contributed by atoms with E-state index in [2.05, 4.69) is 27.7 Å². The van der Waals surface area contributed by atoms with Gasteiger partial charge in [-0.15, -0.1) is 0 Å². The van der Waals surface area contributed by atoms with Crippen molar-refractivity contribution in [2.24, 2.45) is 46.3 Å². The van der Waals surface area contributed by atoms with Crippen molar-refractivity contribution in [1.82, 2.24) is 0 Å². The summed E-state index contributed by atoms with van der Waals surface area (Å²) in [5, 5.41) is 0. The first-order valence-electron chi connectivity index (χ1n) is 13.3. The topological polar surface area (TPSA) is 48.1 Å². The molecule has 4 aliphatic carbocycles. The molecule has 0 aromatic carbocycles. The van der Waals surface area contributed by atoms with Gasteiger partial charge in [0.15, 0.2) is 11.6 Å². The van der Waals surface area contributed by atoms with Crippen LogP contribution in [-0.2, 0) is 19.0 Å². The molecule has 7 rings (SSSR count). The van der Waals surface area contributed by atoms with Crippen molar-refractivity contribution >= 4 is 5.78 Å². The van der Waals surface area contributed by atoms with Gasteiger partial charge in [0.25, 0.3) is 0 Å². The molecule has 0 radical (unpaired) electrons. The van der Waals surface area contributed by atoms with Crippen LogP contribution < -0.4 is 0 Å². The van der Waals surface area contributed by atoms with E-state index in [0.717, 1.165) is 44.1 Å². The van der Waals surface area contributed by atoms with Crippen LogP contribution >= 0.6 is 0 Å². The lowest BCUT2D eigenvalue weighted by Gasteiger charge is -2.59. The Kier molecular flexibility index (Phi) is 3.84. The van der Waals surface area contributed by atoms with Crippen LogP contribution in [0, 0.1) is 46.3 Å². The molecule has 31 heavy (non-hydrogen) atoms. The van der Waals surface area contributed by atoms with Gasteiger partial charge in [-0.3, -0.25) is 4.79 Å². The number of ketones is 1. The molecule has 7 aliphatic rings. The highest BCUT2D eigenvalue weighted by atomic mass is 16.7. The molecule has 0 N–H and O–H groups in total. The number of epoxide rings is 1. The minimum atomic E-state index is -0.311. The average molecular weight is 429 g/mol. The van der Waals surface area contributed by atoms with Gasteiger partial charge in [0.05, 0.1) is 12.7 Å². The van der Waals surface area contributed by atoms with Crippen molar-refractivity contribution in [2.75, 3.05) is 6.61 Å². The number of hydrogen-bond acceptors (Lipinski definition) is 4. The number of carbonyl (C=O) groups excluding carboxylic acids is 1. The lowest BCUT2D eigenvalue weighted by molar-refractivity contribution is -0.273. The van der Waals surface area contributed by atoms with E-state index in [1.807, 2.05) is 0 Å². The summed E-state index contributed by atoms with van der Waals surface area (Å²) in [7, 11) is 0. The van der Waals surface area contributed by atoms with Crippen LogP contribution in [0.4, 0.5) is 0 Å². The van der Waals surface area contributed by atoms with Crippen LogP contribution in [0.5, 0.6) is 0 Å². The molecule has 0 bridgehead atoms. The van der Waals surface area contributed by atoms with Gasteiger partial charge in [-0.25, -0.2) is 0 Å². The number of carbonyl (C=O) groups is 1. The highest BCUT2D eigenvalue weighted by Crippen LogP contribution is 2.74. The van der Waals surface area contributed by atoms with Crippen molar-refractivity contribution in [3.63, 3.8) is 0 Å². The largest absolute Gasteiger partial charge is 0.357 e. The Hall–Kier alpha value is -0.450. The smallest absolute Gasteiger partial charge is 0.171 e. The molecule has 3 saturated heterocycles. The molecule has 0 aromatic heterocycles. The predicted molar refractivity (Wildman–Crippen MR) is 116 cm³/mol. The molecule has 7 fully saturated rings. The van der Waals surface area contributed by atoms with Crippen molar-refractivity contribution in [2.45, 2.75) is 109 Å². The van der Waals surface area contributed by atoms with Crippen LogP contribution in [0.1, 0.15) is 85.5 Å². The molecular formula is C27H40O4. The Morgan fingerprint density at radius 3 is 2.55 bits per heavy atom. The fourth-order valence-electron chi connectivity index (χ4n) is 10.5. The van der Waals surface area contributed by atoms with Crippen LogP contribution in [0.2, 0.25) is 0 Å². The van der Waals surface area contributed by atoms with Gasteiger partial charge in [0, 0.05) is 24.2 Å². The molecule has 0 amide bonds. The molecule has 4 nitrogen and oxygen atoms in total. The molecule has 2 spiro atoms. The summed E-state index contributed by atoms with van der Waals surface area (Å²) in [4.78, 5) is 12.4. The minimum Gasteiger partial charge on any atom is -0.357 e. The molecule has 4 saturated carbocycles. The van der Waals surface area contributed by atoms with Gasteiger partial charge in [0.1, 0.15) is 11.7 Å². The quantitative estimate of drug-likeness (QED) is 0.502. The summed E-state index contributed by atoms with van der Waals surface area (Å²) in [5.74, 6) is 4.10. The number of Topliss-reactive ketones (excluding diaryl/α,β-unsaturated/α-hetero) is 1. The van der Waals surface area contributed by atoms with Gasteiger partial charge in [0.2, 0.25) is 0 Å². The Labute approximate surface area is 187 Å². The first-order chi connectivity index (χ1) is 14.7. The SMILES string of the molecule is CC1CC[C@@]2(OC1)O[C@H]1CC3C4CC[C@]56O[C@H]5C(=O)CC[C@]6(C)C4CC[C@]3(C)[C@H]1[C@@H]2C. The summed E-state index contributed by atoms with van der Waals surface area (Å²) in [6, 6.07) is 0. The lowest BCUT2D eigenvalue weighted by Crippen LogP contribution is -2.58. The Bertz CT molecular complexity index is 816. The summed E-state index contributed by atoms with van der Waals surface area (Å²) in [5.41, 5.74) is 0.465. The molecule has 0 aromatic rings. The van der Waals surface area contributed by atoms with E-state index in [9.17, 15) is 4.79 Å². The fraction of sp³-hybridized carbons (Fsp3) is 0.963. The second-order valence-electron chi connectivity index (χ2n) is 13.2. The van der Waals surface area contributed by atoms with Gasteiger partial charge in [-0.05, 0) is 80.0 Å². The van der Waals surface area contributed by atoms with Gasteiger partial charge in [-0.1, -0.05) is 27.7 Å². The summed E-state index contributed by atoms with van der Waals surface area (Å²) >= 11 is 0. The van der Waals surface area contributed by atoms with Crippen molar-refractivity contribution in [1.29, 1.82) is 0 Å². The third-order valence-corrected chi connectivity index (χ3v) is 12.2. The third-order valence-electron chi connectivity index (χ3n) is 12.2. The van der Waals surface area contributed by atoms with E-state index < -0.39 is 0 Å². The van der Waals surface area contributed by atoms with Gasteiger partial charge in [-0.2, -0.15) is 0 Å². The molecule has 12 atom stereocenters. The number of hydrogen-bond donors (Lipinski definition) is 0. The lowest BCUT2D eigenvalue weighted by atomic mass is 9.44.